The van der Waals surface area contributed by atoms with Gasteiger partial charge in [0.05, 0.1) is 22.8 Å². The van der Waals surface area contributed by atoms with Gasteiger partial charge in [-0.2, -0.15) is 0 Å². The molecule has 0 fully saturated rings. The van der Waals surface area contributed by atoms with Gasteiger partial charge in [0.15, 0.2) is 0 Å². The van der Waals surface area contributed by atoms with Crippen LogP contribution in [-0.2, 0) is 0 Å². The number of nitrogens with two attached hydrogens (primary N) is 1. The van der Waals surface area contributed by atoms with Crippen LogP contribution < -0.4 is 5.73 Å². The quantitative estimate of drug-likeness (QED) is 0.524. The number of nitrogens with one attached hydrogen (secondary N) is 1. The Labute approximate surface area is 145 Å². The number of aromatic nitrogens is 1. The number of hydrogen-bond donors (Lipinski definition) is 2. The van der Waals surface area contributed by atoms with E-state index < -0.39 is 0 Å². The zero-order valence-electron chi connectivity index (χ0n) is 13.6. The van der Waals surface area contributed by atoms with E-state index in [-0.39, 0.29) is 6.04 Å². The van der Waals surface area contributed by atoms with E-state index in [0.29, 0.717) is 5.71 Å². The molecule has 120 valence electrons. The van der Waals surface area contributed by atoms with Crippen LogP contribution >= 0.6 is 0 Å². The van der Waals surface area contributed by atoms with Gasteiger partial charge in [-0.05, 0) is 41.1 Å². The number of allylic oxidation sites excluding steroid dienone is 2. The molecular formula is C22H17N3. The fourth-order valence-electron chi connectivity index (χ4n) is 3.68. The van der Waals surface area contributed by atoms with Crippen LogP contribution in [0.4, 0.5) is 0 Å². The lowest BCUT2D eigenvalue weighted by Gasteiger charge is -2.16. The van der Waals surface area contributed by atoms with Crippen molar-refractivity contribution in [1.82, 2.24) is 4.57 Å². The lowest BCUT2D eigenvalue weighted by Crippen LogP contribution is -2.28. The predicted octanol–water partition coefficient (Wildman–Crippen LogP) is 4.71. The largest absolute Gasteiger partial charge is 0.319 e. The molecule has 1 aliphatic carbocycles. The molecule has 0 amide bonds. The third kappa shape index (κ3) is 2.06. The van der Waals surface area contributed by atoms with Gasteiger partial charge < -0.3 is 15.7 Å². The van der Waals surface area contributed by atoms with Crippen molar-refractivity contribution in [2.45, 2.75) is 6.04 Å². The Morgan fingerprint density at radius 2 is 1.56 bits per heavy atom. The van der Waals surface area contributed by atoms with Crippen molar-refractivity contribution >= 4 is 44.0 Å². The molecule has 25 heavy (non-hydrogen) atoms. The molecule has 3 nitrogen and oxygen atoms in total. The molecule has 0 bridgehead atoms. The zero-order chi connectivity index (χ0) is 17.0. The van der Waals surface area contributed by atoms with E-state index in [0.717, 1.165) is 16.7 Å². The minimum Gasteiger partial charge on any atom is -0.319 e. The summed E-state index contributed by atoms with van der Waals surface area (Å²) in [6.45, 7) is 0. The molecule has 1 unspecified atom stereocenters. The summed E-state index contributed by atoms with van der Waals surface area (Å²) < 4.78 is 2.23. The number of rotatable bonds is 1. The van der Waals surface area contributed by atoms with Gasteiger partial charge in [0.25, 0.3) is 0 Å². The Morgan fingerprint density at radius 3 is 2.36 bits per heavy atom. The molecule has 0 radical (unpaired) electrons. The van der Waals surface area contributed by atoms with Crippen molar-refractivity contribution in [3.05, 3.63) is 78.9 Å². The lowest BCUT2D eigenvalue weighted by molar-refractivity contribution is 1.06. The molecule has 1 aromatic heterocycles. The summed E-state index contributed by atoms with van der Waals surface area (Å²) in [5, 5.41) is 13.0. The Morgan fingerprint density at radius 1 is 0.840 bits per heavy atom. The van der Waals surface area contributed by atoms with Gasteiger partial charge in [-0.25, -0.2) is 0 Å². The van der Waals surface area contributed by atoms with Crippen molar-refractivity contribution in [3.63, 3.8) is 0 Å². The maximum absolute atomic E-state index is 8.11. The van der Waals surface area contributed by atoms with Gasteiger partial charge in [-0.15, -0.1) is 0 Å². The standard InChI is InChI=1S/C22H17N3/c23-19-10-9-16(13-20(19)24)25-21-8-4-3-7-17(21)18-11-14-5-1-2-6-15(14)12-22(18)25/h1-13,19,24H,23H2. The van der Waals surface area contributed by atoms with Crippen molar-refractivity contribution in [1.29, 1.82) is 5.41 Å². The van der Waals surface area contributed by atoms with E-state index in [9.17, 15) is 0 Å². The first-order valence-corrected chi connectivity index (χ1v) is 8.38. The first-order valence-electron chi connectivity index (χ1n) is 8.38. The summed E-state index contributed by atoms with van der Waals surface area (Å²) in [6.07, 6.45) is 5.77. The van der Waals surface area contributed by atoms with E-state index in [1.165, 1.54) is 21.5 Å². The second kappa shape index (κ2) is 5.16. The molecule has 4 aromatic rings. The van der Waals surface area contributed by atoms with E-state index in [2.05, 4.69) is 65.2 Å². The van der Waals surface area contributed by atoms with Gasteiger partial charge in [-0.1, -0.05) is 48.5 Å². The third-order valence-electron chi connectivity index (χ3n) is 4.94. The molecule has 5 rings (SSSR count). The van der Waals surface area contributed by atoms with E-state index in [4.69, 9.17) is 11.1 Å². The highest BCUT2D eigenvalue weighted by atomic mass is 15.0. The van der Waals surface area contributed by atoms with Crippen LogP contribution in [0.1, 0.15) is 0 Å². The summed E-state index contributed by atoms with van der Waals surface area (Å²) in [5.74, 6) is 0. The lowest BCUT2D eigenvalue weighted by atomic mass is 10.0. The molecule has 0 spiro atoms. The second-order valence-corrected chi connectivity index (χ2v) is 6.48. The molecule has 3 aromatic carbocycles. The van der Waals surface area contributed by atoms with Gasteiger partial charge in [-0.3, -0.25) is 0 Å². The Kier molecular flexibility index (Phi) is 2.93. The smallest absolute Gasteiger partial charge is 0.0653 e. The van der Waals surface area contributed by atoms with Crippen LogP contribution in [0.5, 0.6) is 0 Å². The van der Waals surface area contributed by atoms with Crippen LogP contribution in [0.15, 0.2) is 78.9 Å². The summed E-state index contributed by atoms with van der Waals surface area (Å²) in [7, 11) is 0. The number of fused-ring (bicyclic) bond motifs is 4. The van der Waals surface area contributed by atoms with Crippen molar-refractivity contribution < 1.29 is 0 Å². The van der Waals surface area contributed by atoms with E-state index >= 15 is 0 Å². The Hall–Kier alpha value is -3.17. The number of benzene rings is 3. The van der Waals surface area contributed by atoms with Crippen LogP contribution in [0, 0.1) is 5.41 Å². The molecule has 3 N–H and O–H groups in total. The first-order chi connectivity index (χ1) is 12.2. The van der Waals surface area contributed by atoms with Crippen molar-refractivity contribution in [2.75, 3.05) is 0 Å². The SMILES string of the molecule is N=C1C=C(n2c3ccccc3c3cc4ccccc4cc32)C=CC1N. The Bertz CT molecular complexity index is 1220. The summed E-state index contributed by atoms with van der Waals surface area (Å²) >= 11 is 0. The first kappa shape index (κ1) is 14.2. The summed E-state index contributed by atoms with van der Waals surface area (Å²) in [4.78, 5) is 0. The molecule has 1 aliphatic rings. The number of para-hydroxylation sites is 1. The van der Waals surface area contributed by atoms with E-state index in [1.54, 1.807) is 0 Å². The summed E-state index contributed by atoms with van der Waals surface area (Å²) in [5.41, 5.74) is 9.64. The van der Waals surface area contributed by atoms with Crippen molar-refractivity contribution in [2.24, 2.45) is 5.73 Å². The number of nitrogens with zero attached hydrogens (tertiary/aromatic N) is 1. The minimum absolute atomic E-state index is 0.322. The summed E-state index contributed by atoms with van der Waals surface area (Å²) in [6, 6.07) is 21.0. The molecule has 1 atom stereocenters. The molecule has 0 aliphatic heterocycles. The molecular weight excluding hydrogens is 306 g/mol. The van der Waals surface area contributed by atoms with Crippen LogP contribution in [0.25, 0.3) is 38.3 Å². The van der Waals surface area contributed by atoms with Gasteiger partial charge in [0, 0.05) is 16.5 Å². The molecule has 3 heteroatoms. The maximum atomic E-state index is 8.11. The normalized spacial score (nSPS) is 17.6. The highest BCUT2D eigenvalue weighted by molar-refractivity contribution is 6.16. The second-order valence-electron chi connectivity index (χ2n) is 6.48. The monoisotopic (exact) mass is 323 g/mol. The average molecular weight is 323 g/mol. The minimum atomic E-state index is -0.322. The highest BCUT2D eigenvalue weighted by Gasteiger charge is 2.16. The topological polar surface area (TPSA) is 54.8 Å². The van der Waals surface area contributed by atoms with Gasteiger partial charge in [0.1, 0.15) is 0 Å². The highest BCUT2D eigenvalue weighted by Crippen LogP contribution is 2.35. The zero-order valence-corrected chi connectivity index (χ0v) is 13.6. The fourth-order valence-corrected chi connectivity index (χ4v) is 3.68. The number of hydrogen-bond acceptors (Lipinski definition) is 2. The van der Waals surface area contributed by atoms with Crippen LogP contribution in [0.3, 0.4) is 0 Å². The fraction of sp³-hybridized carbons (Fsp3) is 0.0455. The molecule has 0 saturated heterocycles. The van der Waals surface area contributed by atoms with E-state index in [1.807, 2.05) is 18.2 Å². The Balaban J connectivity index is 1.93. The predicted molar refractivity (Wildman–Crippen MR) is 106 cm³/mol. The molecule has 0 saturated carbocycles. The van der Waals surface area contributed by atoms with Crippen LogP contribution in [-0.4, -0.2) is 16.3 Å². The van der Waals surface area contributed by atoms with Gasteiger partial charge >= 0.3 is 0 Å². The average Bonchev–Trinajstić information content (AvgIpc) is 2.96. The maximum Gasteiger partial charge on any atom is 0.0653 e. The van der Waals surface area contributed by atoms with Crippen molar-refractivity contribution in [3.8, 4) is 0 Å². The van der Waals surface area contributed by atoms with Gasteiger partial charge in [0.2, 0.25) is 0 Å². The third-order valence-corrected chi connectivity index (χ3v) is 4.94. The van der Waals surface area contributed by atoms with Crippen LogP contribution in [0.2, 0.25) is 0 Å². The molecule has 1 heterocycles.